The Labute approximate surface area is 137 Å². The number of ether oxygens (including phenoxy) is 2. The molecule has 5 nitrogen and oxygen atoms in total. The van der Waals surface area contributed by atoms with Crippen molar-refractivity contribution in [3.8, 4) is 17.6 Å². The van der Waals surface area contributed by atoms with E-state index in [0.29, 0.717) is 11.8 Å². The normalized spacial score (nSPS) is 11.3. The van der Waals surface area contributed by atoms with Crippen LogP contribution in [0, 0.1) is 23.0 Å². The highest BCUT2D eigenvalue weighted by Crippen LogP contribution is 2.25. The monoisotopic (exact) mass is 332 g/mol. The highest BCUT2D eigenvalue weighted by Gasteiger charge is 2.21. The molecule has 1 atom stereocenters. The number of nitrogens with zero attached hydrogens (tertiary/aromatic N) is 1. The van der Waals surface area contributed by atoms with E-state index in [1.165, 1.54) is 26.4 Å². The van der Waals surface area contributed by atoms with Crippen molar-refractivity contribution in [2.45, 2.75) is 6.04 Å². The number of hydrogen-bond donors (Lipinski definition) is 1. The molecule has 1 N–H and O–H groups in total. The predicted octanol–water partition coefficient (Wildman–Crippen LogP) is 2.98. The standard InChI is InChI=1S/C17H14F2N2O3/c1-23-11-4-6-13(16(8-11)24-2)17(22)21-15(9-20)12-5-3-10(18)7-14(12)19/h3-8,15H,1-2H3,(H,21,22)/t15-/m0/s1. The molecule has 0 radical (unpaired) electrons. The maximum absolute atomic E-state index is 13.8. The molecule has 124 valence electrons. The number of carbonyl (C=O) groups excluding carboxylic acids is 1. The lowest BCUT2D eigenvalue weighted by atomic mass is 10.1. The van der Waals surface area contributed by atoms with Gasteiger partial charge in [-0.1, -0.05) is 6.07 Å². The van der Waals surface area contributed by atoms with Gasteiger partial charge in [0.25, 0.3) is 5.91 Å². The van der Waals surface area contributed by atoms with Crippen LogP contribution >= 0.6 is 0 Å². The van der Waals surface area contributed by atoms with Gasteiger partial charge < -0.3 is 14.8 Å². The minimum atomic E-state index is -1.27. The number of amides is 1. The summed E-state index contributed by atoms with van der Waals surface area (Å²) in [6.07, 6.45) is 0. The van der Waals surface area contributed by atoms with E-state index < -0.39 is 23.6 Å². The summed E-state index contributed by atoms with van der Waals surface area (Å²) >= 11 is 0. The van der Waals surface area contributed by atoms with Gasteiger partial charge in [-0.25, -0.2) is 8.78 Å². The third-order valence-corrected chi connectivity index (χ3v) is 3.33. The van der Waals surface area contributed by atoms with E-state index in [9.17, 15) is 18.8 Å². The average molecular weight is 332 g/mol. The van der Waals surface area contributed by atoms with Gasteiger partial charge in [-0.2, -0.15) is 5.26 Å². The third kappa shape index (κ3) is 3.60. The van der Waals surface area contributed by atoms with Crippen LogP contribution in [0.25, 0.3) is 0 Å². The van der Waals surface area contributed by atoms with E-state index >= 15 is 0 Å². The first-order valence-corrected chi connectivity index (χ1v) is 6.87. The number of benzene rings is 2. The van der Waals surface area contributed by atoms with E-state index in [1.807, 2.05) is 0 Å². The largest absolute Gasteiger partial charge is 0.497 e. The van der Waals surface area contributed by atoms with Gasteiger partial charge in [0, 0.05) is 17.7 Å². The van der Waals surface area contributed by atoms with Gasteiger partial charge in [0.2, 0.25) is 0 Å². The summed E-state index contributed by atoms with van der Waals surface area (Å²) in [5.41, 5.74) is 0.0285. The molecule has 0 bridgehead atoms. The summed E-state index contributed by atoms with van der Waals surface area (Å²) in [4.78, 5) is 12.4. The van der Waals surface area contributed by atoms with Crippen LogP contribution in [-0.4, -0.2) is 20.1 Å². The Morgan fingerprint density at radius 2 is 1.92 bits per heavy atom. The number of carbonyl (C=O) groups is 1. The van der Waals surface area contributed by atoms with Gasteiger partial charge in [-0.15, -0.1) is 0 Å². The van der Waals surface area contributed by atoms with Crippen molar-refractivity contribution in [2.75, 3.05) is 14.2 Å². The van der Waals surface area contributed by atoms with Crippen LogP contribution in [0.3, 0.4) is 0 Å². The van der Waals surface area contributed by atoms with Crippen LogP contribution in [-0.2, 0) is 0 Å². The first-order chi connectivity index (χ1) is 11.5. The minimum Gasteiger partial charge on any atom is -0.497 e. The van der Waals surface area contributed by atoms with Gasteiger partial charge >= 0.3 is 0 Å². The van der Waals surface area contributed by atoms with Gasteiger partial charge in [0.15, 0.2) is 0 Å². The summed E-state index contributed by atoms with van der Waals surface area (Å²) in [6.45, 7) is 0. The molecule has 2 aromatic rings. The maximum atomic E-state index is 13.8. The maximum Gasteiger partial charge on any atom is 0.256 e. The van der Waals surface area contributed by atoms with E-state index in [4.69, 9.17) is 9.47 Å². The van der Waals surface area contributed by atoms with Crippen LogP contribution < -0.4 is 14.8 Å². The second kappa shape index (κ2) is 7.42. The first-order valence-electron chi connectivity index (χ1n) is 6.87. The van der Waals surface area contributed by atoms with E-state index in [2.05, 4.69) is 5.32 Å². The molecular formula is C17H14F2N2O3. The van der Waals surface area contributed by atoms with Crippen molar-refractivity contribution in [3.05, 3.63) is 59.2 Å². The van der Waals surface area contributed by atoms with Crippen molar-refractivity contribution in [1.29, 1.82) is 5.26 Å². The zero-order valence-electron chi connectivity index (χ0n) is 13.0. The quantitative estimate of drug-likeness (QED) is 0.914. The van der Waals surface area contributed by atoms with Crippen molar-refractivity contribution < 1.29 is 23.0 Å². The number of nitriles is 1. The van der Waals surface area contributed by atoms with Crippen LogP contribution in [0.15, 0.2) is 36.4 Å². The molecule has 0 aliphatic carbocycles. The van der Waals surface area contributed by atoms with Crippen molar-refractivity contribution >= 4 is 5.91 Å². The fourth-order valence-corrected chi connectivity index (χ4v) is 2.11. The van der Waals surface area contributed by atoms with Crippen LogP contribution in [0.2, 0.25) is 0 Å². The molecule has 0 aliphatic rings. The SMILES string of the molecule is COc1ccc(C(=O)N[C@@H](C#N)c2ccc(F)cc2F)c(OC)c1. The number of rotatable bonds is 5. The molecule has 7 heteroatoms. The summed E-state index contributed by atoms with van der Waals surface area (Å²) in [7, 11) is 2.85. The molecular weight excluding hydrogens is 318 g/mol. The van der Waals surface area contributed by atoms with Crippen LogP contribution in [0.5, 0.6) is 11.5 Å². The molecule has 0 saturated carbocycles. The lowest BCUT2D eigenvalue weighted by molar-refractivity contribution is 0.0941. The van der Waals surface area contributed by atoms with Gasteiger partial charge in [-0.05, 0) is 18.2 Å². The molecule has 24 heavy (non-hydrogen) atoms. The third-order valence-electron chi connectivity index (χ3n) is 3.33. The molecule has 0 unspecified atom stereocenters. The van der Waals surface area contributed by atoms with Gasteiger partial charge in [0.1, 0.15) is 29.2 Å². The predicted molar refractivity (Wildman–Crippen MR) is 81.7 cm³/mol. The lowest BCUT2D eigenvalue weighted by Crippen LogP contribution is -2.28. The summed E-state index contributed by atoms with van der Waals surface area (Å²) in [5.74, 6) is -1.59. The van der Waals surface area contributed by atoms with E-state index in [1.54, 1.807) is 12.1 Å². The van der Waals surface area contributed by atoms with Crippen LogP contribution in [0.1, 0.15) is 22.0 Å². The fraction of sp³-hybridized carbons (Fsp3) is 0.176. The topological polar surface area (TPSA) is 71.3 Å². The Balaban J connectivity index is 2.29. The molecule has 2 aromatic carbocycles. The van der Waals surface area contributed by atoms with Crippen molar-refractivity contribution in [3.63, 3.8) is 0 Å². The molecule has 0 fully saturated rings. The van der Waals surface area contributed by atoms with Gasteiger partial charge in [0.05, 0.1) is 25.9 Å². The second-order valence-corrected chi connectivity index (χ2v) is 4.77. The van der Waals surface area contributed by atoms with Crippen molar-refractivity contribution in [1.82, 2.24) is 5.32 Å². The van der Waals surface area contributed by atoms with Crippen LogP contribution in [0.4, 0.5) is 8.78 Å². The first kappa shape index (κ1) is 17.2. The zero-order chi connectivity index (χ0) is 17.7. The molecule has 1 amide bonds. The van der Waals surface area contributed by atoms with E-state index in [-0.39, 0.29) is 16.9 Å². The van der Waals surface area contributed by atoms with Gasteiger partial charge in [-0.3, -0.25) is 4.79 Å². The molecule has 0 aromatic heterocycles. The summed E-state index contributed by atoms with van der Waals surface area (Å²) in [6, 6.07) is 7.81. The smallest absolute Gasteiger partial charge is 0.256 e. The summed E-state index contributed by atoms with van der Waals surface area (Å²) in [5, 5.41) is 11.6. The molecule has 0 aliphatic heterocycles. The number of nitrogens with one attached hydrogen (secondary N) is 1. The second-order valence-electron chi connectivity index (χ2n) is 4.77. The minimum absolute atomic E-state index is 0.125. The highest BCUT2D eigenvalue weighted by molar-refractivity contribution is 5.97. The Morgan fingerprint density at radius 1 is 1.17 bits per heavy atom. The zero-order valence-corrected chi connectivity index (χ0v) is 13.0. The number of halogens is 2. The Kier molecular flexibility index (Phi) is 5.32. The Hall–Kier alpha value is -3.14. The molecule has 0 spiro atoms. The Morgan fingerprint density at radius 3 is 2.50 bits per heavy atom. The van der Waals surface area contributed by atoms with E-state index in [0.717, 1.165) is 12.1 Å². The average Bonchev–Trinajstić information content (AvgIpc) is 2.59. The lowest BCUT2D eigenvalue weighted by Gasteiger charge is -2.15. The Bertz CT molecular complexity index is 803. The molecule has 2 rings (SSSR count). The number of methoxy groups -OCH3 is 2. The van der Waals surface area contributed by atoms with Crippen molar-refractivity contribution in [2.24, 2.45) is 0 Å². The fourth-order valence-electron chi connectivity index (χ4n) is 2.11. The highest BCUT2D eigenvalue weighted by atomic mass is 19.1. The number of hydrogen-bond acceptors (Lipinski definition) is 4. The molecule has 0 saturated heterocycles. The molecule has 0 heterocycles. The summed E-state index contributed by atoms with van der Waals surface area (Å²) < 4.78 is 36.9.